The summed E-state index contributed by atoms with van der Waals surface area (Å²) < 4.78 is 6.22. The van der Waals surface area contributed by atoms with Gasteiger partial charge in [0.05, 0.1) is 0 Å². The Bertz CT molecular complexity index is 507. The van der Waals surface area contributed by atoms with Crippen molar-refractivity contribution in [2.75, 3.05) is 13.6 Å². The quantitative estimate of drug-likeness (QED) is 0.720. The number of benzene rings is 2. The van der Waals surface area contributed by atoms with E-state index in [1.165, 1.54) is 17.5 Å². The van der Waals surface area contributed by atoms with E-state index in [4.69, 9.17) is 4.74 Å². The van der Waals surface area contributed by atoms with E-state index >= 15 is 0 Å². The first kappa shape index (κ1) is 15.6. The van der Waals surface area contributed by atoms with Crippen LogP contribution in [0, 0.1) is 6.92 Å². The maximum Gasteiger partial charge on any atom is 0.124 e. The van der Waals surface area contributed by atoms with Gasteiger partial charge in [-0.1, -0.05) is 48.0 Å². The zero-order valence-corrected chi connectivity index (χ0v) is 13.0. The van der Waals surface area contributed by atoms with Crippen LogP contribution in [0.25, 0.3) is 0 Å². The molecule has 0 aromatic heterocycles. The molecule has 2 aromatic rings. The number of rotatable bonds is 8. The van der Waals surface area contributed by atoms with Gasteiger partial charge in [-0.05, 0) is 57.5 Å². The van der Waals surface area contributed by atoms with Crippen molar-refractivity contribution in [3.05, 3.63) is 65.7 Å². The molecule has 0 aliphatic rings. The van der Waals surface area contributed by atoms with Crippen LogP contribution in [0.4, 0.5) is 0 Å². The normalized spacial score (nSPS) is 12.1. The summed E-state index contributed by atoms with van der Waals surface area (Å²) in [4.78, 5) is 0. The van der Waals surface area contributed by atoms with E-state index in [9.17, 15) is 0 Å². The van der Waals surface area contributed by atoms with Crippen molar-refractivity contribution in [2.24, 2.45) is 0 Å². The zero-order chi connectivity index (χ0) is 14.9. The molecule has 0 amide bonds. The highest BCUT2D eigenvalue weighted by Gasteiger charge is 2.12. The summed E-state index contributed by atoms with van der Waals surface area (Å²) in [5.41, 5.74) is 2.51. The number of hydrogen-bond donors (Lipinski definition) is 1. The van der Waals surface area contributed by atoms with Crippen LogP contribution in [-0.4, -0.2) is 13.6 Å². The molecule has 1 unspecified atom stereocenters. The third kappa shape index (κ3) is 5.24. The predicted octanol–water partition coefficient (Wildman–Crippen LogP) is 4.50. The summed E-state index contributed by atoms with van der Waals surface area (Å²) >= 11 is 0. The second-order valence-corrected chi connectivity index (χ2v) is 5.43. The van der Waals surface area contributed by atoms with Gasteiger partial charge in [-0.2, -0.15) is 0 Å². The molecule has 0 radical (unpaired) electrons. The molecule has 0 spiro atoms. The van der Waals surface area contributed by atoms with Gasteiger partial charge in [-0.3, -0.25) is 0 Å². The Balaban J connectivity index is 2.02. The summed E-state index contributed by atoms with van der Waals surface area (Å²) in [6.07, 6.45) is 3.51. The highest BCUT2D eigenvalue weighted by molar-refractivity contribution is 5.28. The van der Waals surface area contributed by atoms with E-state index in [-0.39, 0.29) is 6.10 Å². The van der Waals surface area contributed by atoms with Crippen molar-refractivity contribution >= 4 is 0 Å². The van der Waals surface area contributed by atoms with Crippen LogP contribution in [0.5, 0.6) is 5.75 Å². The predicted molar refractivity (Wildman–Crippen MR) is 88.8 cm³/mol. The van der Waals surface area contributed by atoms with Gasteiger partial charge in [0.25, 0.3) is 0 Å². The van der Waals surface area contributed by atoms with Crippen LogP contribution in [0.15, 0.2) is 54.6 Å². The van der Waals surface area contributed by atoms with Crippen LogP contribution in [0.1, 0.15) is 36.5 Å². The Morgan fingerprint density at radius 1 is 0.952 bits per heavy atom. The molecule has 0 aliphatic carbocycles. The van der Waals surface area contributed by atoms with Crippen LogP contribution in [0.3, 0.4) is 0 Å². The molecule has 0 fully saturated rings. The van der Waals surface area contributed by atoms with E-state index in [0.29, 0.717) is 0 Å². The van der Waals surface area contributed by atoms with Crippen molar-refractivity contribution in [1.82, 2.24) is 5.32 Å². The maximum atomic E-state index is 6.22. The summed E-state index contributed by atoms with van der Waals surface area (Å²) in [6.45, 7) is 3.16. The second kappa shape index (κ2) is 8.48. The molecular formula is C19H25NO. The fourth-order valence-electron chi connectivity index (χ4n) is 2.37. The summed E-state index contributed by atoms with van der Waals surface area (Å²) in [5, 5.41) is 3.20. The number of unbranched alkanes of at least 4 members (excludes halogenated alkanes) is 1. The van der Waals surface area contributed by atoms with Crippen LogP contribution >= 0.6 is 0 Å². The molecule has 1 atom stereocenters. The molecule has 0 bridgehead atoms. The first-order chi connectivity index (χ1) is 10.3. The monoisotopic (exact) mass is 283 g/mol. The molecule has 2 rings (SSSR count). The molecule has 112 valence electrons. The molecule has 2 aromatic carbocycles. The maximum absolute atomic E-state index is 6.22. The SMILES string of the molecule is CNCCCCC(Oc1ccc(C)cc1)c1ccccc1. The molecule has 0 saturated carbocycles. The molecule has 2 nitrogen and oxygen atoms in total. The lowest BCUT2D eigenvalue weighted by Crippen LogP contribution is -2.11. The minimum atomic E-state index is 0.130. The molecule has 0 heterocycles. The van der Waals surface area contributed by atoms with Gasteiger partial charge in [-0.25, -0.2) is 0 Å². The Hall–Kier alpha value is -1.80. The molecule has 0 saturated heterocycles. The number of aryl methyl sites for hydroxylation is 1. The molecule has 1 N–H and O–H groups in total. The standard InChI is InChI=1S/C19H25NO/c1-16-11-13-18(14-12-16)21-19(10-6-7-15-20-2)17-8-4-3-5-9-17/h3-5,8-9,11-14,19-20H,6-7,10,15H2,1-2H3. The van der Waals surface area contributed by atoms with Crippen LogP contribution in [-0.2, 0) is 0 Å². The van der Waals surface area contributed by atoms with E-state index in [1.54, 1.807) is 0 Å². The Morgan fingerprint density at radius 2 is 1.67 bits per heavy atom. The summed E-state index contributed by atoms with van der Waals surface area (Å²) in [6, 6.07) is 18.8. The fraction of sp³-hybridized carbons (Fsp3) is 0.368. The summed E-state index contributed by atoms with van der Waals surface area (Å²) in [7, 11) is 2.00. The van der Waals surface area contributed by atoms with Gasteiger partial charge in [0.15, 0.2) is 0 Å². The highest BCUT2D eigenvalue weighted by atomic mass is 16.5. The topological polar surface area (TPSA) is 21.3 Å². The van der Waals surface area contributed by atoms with Crippen molar-refractivity contribution in [2.45, 2.75) is 32.3 Å². The third-order valence-corrected chi connectivity index (χ3v) is 3.61. The minimum Gasteiger partial charge on any atom is -0.486 e. The largest absolute Gasteiger partial charge is 0.486 e. The third-order valence-electron chi connectivity index (χ3n) is 3.61. The first-order valence-electron chi connectivity index (χ1n) is 7.72. The lowest BCUT2D eigenvalue weighted by atomic mass is 10.0. The zero-order valence-electron chi connectivity index (χ0n) is 13.0. The number of hydrogen-bond acceptors (Lipinski definition) is 2. The molecule has 0 aliphatic heterocycles. The van der Waals surface area contributed by atoms with Crippen molar-refractivity contribution in [1.29, 1.82) is 0 Å². The van der Waals surface area contributed by atoms with E-state index < -0.39 is 0 Å². The Kier molecular flexibility index (Phi) is 6.29. The molecule has 21 heavy (non-hydrogen) atoms. The summed E-state index contributed by atoms with van der Waals surface area (Å²) in [5.74, 6) is 0.947. The van der Waals surface area contributed by atoms with Gasteiger partial charge in [0, 0.05) is 0 Å². The van der Waals surface area contributed by atoms with Crippen LogP contribution in [0.2, 0.25) is 0 Å². The van der Waals surface area contributed by atoms with E-state index in [1.807, 2.05) is 13.1 Å². The highest BCUT2D eigenvalue weighted by Crippen LogP contribution is 2.26. The molecular weight excluding hydrogens is 258 g/mol. The first-order valence-corrected chi connectivity index (χ1v) is 7.72. The average Bonchev–Trinajstić information content (AvgIpc) is 2.53. The Labute approximate surface area is 128 Å². The van der Waals surface area contributed by atoms with Crippen molar-refractivity contribution in [3.8, 4) is 5.75 Å². The second-order valence-electron chi connectivity index (χ2n) is 5.43. The van der Waals surface area contributed by atoms with Gasteiger partial charge >= 0.3 is 0 Å². The van der Waals surface area contributed by atoms with Gasteiger partial charge in [-0.15, -0.1) is 0 Å². The minimum absolute atomic E-state index is 0.130. The van der Waals surface area contributed by atoms with Crippen molar-refractivity contribution in [3.63, 3.8) is 0 Å². The lowest BCUT2D eigenvalue weighted by molar-refractivity contribution is 0.191. The van der Waals surface area contributed by atoms with Crippen molar-refractivity contribution < 1.29 is 4.74 Å². The average molecular weight is 283 g/mol. The number of ether oxygens (including phenoxy) is 1. The van der Waals surface area contributed by atoms with E-state index in [0.717, 1.165) is 25.1 Å². The van der Waals surface area contributed by atoms with Gasteiger partial charge in [0.2, 0.25) is 0 Å². The number of nitrogens with one attached hydrogen (secondary N) is 1. The lowest BCUT2D eigenvalue weighted by Gasteiger charge is -2.20. The smallest absolute Gasteiger partial charge is 0.124 e. The Morgan fingerprint density at radius 3 is 2.33 bits per heavy atom. The molecule has 2 heteroatoms. The van der Waals surface area contributed by atoms with Gasteiger partial charge < -0.3 is 10.1 Å². The van der Waals surface area contributed by atoms with E-state index in [2.05, 4.69) is 60.8 Å². The van der Waals surface area contributed by atoms with Crippen LogP contribution < -0.4 is 10.1 Å². The van der Waals surface area contributed by atoms with Gasteiger partial charge in [0.1, 0.15) is 11.9 Å². The fourth-order valence-corrected chi connectivity index (χ4v) is 2.37.